The van der Waals surface area contributed by atoms with Crippen LogP contribution < -0.4 is 10.0 Å². The average Bonchev–Trinajstić information content (AvgIpc) is 3.23. The van der Waals surface area contributed by atoms with Gasteiger partial charge in [0.05, 0.1) is 17.4 Å². The van der Waals surface area contributed by atoms with E-state index in [4.69, 9.17) is 5.26 Å². The Morgan fingerprint density at radius 1 is 1.06 bits per heavy atom. The van der Waals surface area contributed by atoms with E-state index in [0.29, 0.717) is 5.69 Å². The number of H-pyrrole nitrogens is 1. The van der Waals surface area contributed by atoms with E-state index >= 15 is 0 Å². The molecule has 4 aromatic rings. The van der Waals surface area contributed by atoms with Gasteiger partial charge in [0, 0.05) is 22.8 Å². The lowest BCUT2D eigenvalue weighted by molar-refractivity contribution is -0.117. The number of aromatic amines is 1. The van der Waals surface area contributed by atoms with Crippen LogP contribution >= 0.6 is 0 Å². The van der Waals surface area contributed by atoms with Crippen LogP contribution in [0.1, 0.15) is 16.7 Å². The largest absolute Gasteiger partial charge is 0.361 e. The first-order valence-electron chi connectivity index (χ1n) is 10.8. The molecular formula is C26H24N4O3S. The van der Waals surface area contributed by atoms with Crippen molar-refractivity contribution in [1.29, 1.82) is 5.26 Å². The molecule has 3 N–H and O–H groups in total. The molecule has 0 saturated carbocycles. The van der Waals surface area contributed by atoms with E-state index in [2.05, 4.69) is 21.1 Å². The molecular weight excluding hydrogens is 448 g/mol. The van der Waals surface area contributed by atoms with Crippen molar-refractivity contribution < 1.29 is 13.2 Å². The molecule has 0 radical (unpaired) electrons. The van der Waals surface area contributed by atoms with Gasteiger partial charge in [-0.25, -0.2) is 8.42 Å². The van der Waals surface area contributed by atoms with Gasteiger partial charge in [0.25, 0.3) is 0 Å². The zero-order valence-corrected chi connectivity index (χ0v) is 19.4. The van der Waals surface area contributed by atoms with E-state index in [0.717, 1.165) is 27.6 Å². The highest BCUT2D eigenvalue weighted by Gasteiger charge is 2.27. The van der Waals surface area contributed by atoms with Gasteiger partial charge >= 0.3 is 0 Å². The quantitative estimate of drug-likeness (QED) is 0.359. The van der Waals surface area contributed by atoms with Crippen molar-refractivity contribution in [3.05, 3.63) is 95.7 Å². The summed E-state index contributed by atoms with van der Waals surface area (Å²) in [5.41, 5.74) is 3.89. The van der Waals surface area contributed by atoms with E-state index in [1.54, 1.807) is 42.6 Å². The molecule has 1 heterocycles. The summed E-state index contributed by atoms with van der Waals surface area (Å²) in [5.74, 6) is -0.477. The van der Waals surface area contributed by atoms with Crippen LogP contribution in [0.4, 0.5) is 5.69 Å². The van der Waals surface area contributed by atoms with Gasteiger partial charge in [0.1, 0.15) is 6.04 Å². The fraction of sp³-hybridized carbons (Fsp3) is 0.154. The number of nitriles is 1. The monoisotopic (exact) mass is 472 g/mol. The fourth-order valence-corrected chi connectivity index (χ4v) is 5.07. The van der Waals surface area contributed by atoms with Crippen molar-refractivity contribution in [2.75, 3.05) is 5.32 Å². The SMILES string of the molecule is Cc1cccc(S(=O)(=O)N[C@@H](Cc2c[nH]c3ccccc23)C(=O)Nc2ccc(CC#N)cc2)c1. The van der Waals surface area contributed by atoms with Gasteiger partial charge in [0.2, 0.25) is 15.9 Å². The molecule has 0 aliphatic heterocycles. The normalized spacial score (nSPS) is 12.2. The minimum absolute atomic E-state index is 0.102. The molecule has 7 nitrogen and oxygen atoms in total. The summed E-state index contributed by atoms with van der Waals surface area (Å²) in [6.07, 6.45) is 2.23. The van der Waals surface area contributed by atoms with E-state index < -0.39 is 22.0 Å². The van der Waals surface area contributed by atoms with Gasteiger partial charge in [-0.3, -0.25) is 4.79 Å². The first kappa shape index (κ1) is 23.2. The van der Waals surface area contributed by atoms with Crippen molar-refractivity contribution in [2.24, 2.45) is 0 Å². The number of rotatable bonds is 8. The third-order valence-corrected chi connectivity index (χ3v) is 6.99. The summed E-state index contributed by atoms with van der Waals surface area (Å²) in [5, 5.41) is 12.6. The first-order chi connectivity index (χ1) is 16.4. The molecule has 172 valence electrons. The van der Waals surface area contributed by atoms with Crippen molar-refractivity contribution in [3.63, 3.8) is 0 Å². The lowest BCUT2D eigenvalue weighted by Gasteiger charge is -2.19. The number of carbonyl (C=O) groups is 1. The van der Waals surface area contributed by atoms with Gasteiger partial charge in [0.15, 0.2) is 0 Å². The molecule has 1 atom stereocenters. The molecule has 0 aliphatic carbocycles. The number of nitrogens with zero attached hydrogens (tertiary/aromatic N) is 1. The molecule has 0 fully saturated rings. The fourth-order valence-electron chi connectivity index (χ4n) is 3.77. The summed E-state index contributed by atoms with van der Waals surface area (Å²) in [7, 11) is -3.95. The zero-order valence-electron chi connectivity index (χ0n) is 18.6. The van der Waals surface area contributed by atoms with Gasteiger partial charge in [-0.2, -0.15) is 9.98 Å². The molecule has 1 amide bonds. The minimum Gasteiger partial charge on any atom is -0.361 e. The Hall–Kier alpha value is -3.93. The molecule has 34 heavy (non-hydrogen) atoms. The van der Waals surface area contributed by atoms with Crippen LogP contribution in [0.15, 0.2) is 83.9 Å². The molecule has 3 aromatic carbocycles. The van der Waals surface area contributed by atoms with Crippen LogP contribution in [0.3, 0.4) is 0 Å². The van der Waals surface area contributed by atoms with Crippen LogP contribution in [-0.4, -0.2) is 25.4 Å². The highest BCUT2D eigenvalue weighted by atomic mass is 32.2. The number of para-hydroxylation sites is 1. The summed E-state index contributed by atoms with van der Waals surface area (Å²) < 4.78 is 28.9. The van der Waals surface area contributed by atoms with E-state index in [1.165, 1.54) is 6.07 Å². The van der Waals surface area contributed by atoms with Crippen LogP contribution in [0.5, 0.6) is 0 Å². The Kier molecular flexibility index (Phi) is 6.77. The smallest absolute Gasteiger partial charge is 0.242 e. The van der Waals surface area contributed by atoms with Crippen LogP contribution in [0, 0.1) is 18.3 Å². The number of hydrogen-bond acceptors (Lipinski definition) is 4. The second kappa shape index (κ2) is 9.91. The number of aromatic nitrogens is 1. The first-order valence-corrected chi connectivity index (χ1v) is 12.2. The molecule has 0 unspecified atom stereocenters. The average molecular weight is 473 g/mol. The number of benzene rings is 3. The molecule has 0 spiro atoms. The van der Waals surface area contributed by atoms with Crippen molar-refractivity contribution >= 4 is 32.5 Å². The summed E-state index contributed by atoms with van der Waals surface area (Å²) in [4.78, 5) is 16.5. The predicted octanol–water partition coefficient (Wildman–Crippen LogP) is 4.07. The zero-order chi connectivity index (χ0) is 24.1. The molecule has 4 rings (SSSR count). The molecule has 1 aromatic heterocycles. The minimum atomic E-state index is -3.95. The highest BCUT2D eigenvalue weighted by molar-refractivity contribution is 7.89. The van der Waals surface area contributed by atoms with Crippen molar-refractivity contribution in [3.8, 4) is 6.07 Å². The number of anilines is 1. The second-order valence-electron chi connectivity index (χ2n) is 8.08. The van der Waals surface area contributed by atoms with E-state index in [1.807, 2.05) is 37.3 Å². The second-order valence-corrected chi connectivity index (χ2v) is 9.79. The van der Waals surface area contributed by atoms with Crippen LogP contribution in [0.2, 0.25) is 0 Å². The highest BCUT2D eigenvalue weighted by Crippen LogP contribution is 2.21. The Balaban J connectivity index is 1.62. The third kappa shape index (κ3) is 5.34. The Labute approximate surface area is 198 Å². The maximum atomic E-state index is 13.3. The maximum absolute atomic E-state index is 13.3. The molecule has 0 bridgehead atoms. The number of hydrogen-bond donors (Lipinski definition) is 3. The topological polar surface area (TPSA) is 115 Å². The lowest BCUT2D eigenvalue weighted by Crippen LogP contribution is -2.45. The van der Waals surface area contributed by atoms with Crippen LogP contribution in [0.25, 0.3) is 10.9 Å². The Bertz CT molecular complexity index is 1470. The van der Waals surface area contributed by atoms with Gasteiger partial charge in [-0.15, -0.1) is 0 Å². The standard InChI is InChI=1S/C26H24N4O3S/c1-18-5-4-6-22(15-18)34(32,33)30-25(16-20-17-28-24-8-3-2-7-23(20)24)26(31)29-21-11-9-19(10-12-21)13-14-27/h2-12,15,17,25,28,30H,13,16H2,1H3,(H,29,31)/t25-/m0/s1. The van der Waals surface area contributed by atoms with E-state index in [9.17, 15) is 13.2 Å². The van der Waals surface area contributed by atoms with Crippen molar-refractivity contribution in [1.82, 2.24) is 9.71 Å². The molecule has 8 heteroatoms. The summed E-state index contributed by atoms with van der Waals surface area (Å²) >= 11 is 0. The van der Waals surface area contributed by atoms with Crippen molar-refractivity contribution in [2.45, 2.75) is 30.7 Å². The number of amides is 1. The number of aryl methyl sites for hydroxylation is 1. The lowest BCUT2D eigenvalue weighted by atomic mass is 10.0. The summed E-state index contributed by atoms with van der Waals surface area (Å²) in [6, 6.07) is 22.1. The Morgan fingerprint density at radius 2 is 1.82 bits per heavy atom. The van der Waals surface area contributed by atoms with Gasteiger partial charge < -0.3 is 10.3 Å². The third-order valence-electron chi connectivity index (χ3n) is 5.52. The number of fused-ring (bicyclic) bond motifs is 1. The summed E-state index contributed by atoms with van der Waals surface area (Å²) in [6.45, 7) is 1.81. The van der Waals surface area contributed by atoms with Gasteiger partial charge in [-0.05, 0) is 60.4 Å². The maximum Gasteiger partial charge on any atom is 0.242 e. The van der Waals surface area contributed by atoms with E-state index in [-0.39, 0.29) is 17.7 Å². The van der Waals surface area contributed by atoms with Crippen LogP contribution in [-0.2, 0) is 27.7 Å². The molecule has 0 aliphatic rings. The Morgan fingerprint density at radius 3 is 2.56 bits per heavy atom. The number of carbonyl (C=O) groups excluding carboxylic acids is 1. The number of nitrogens with one attached hydrogen (secondary N) is 3. The number of sulfonamides is 1. The van der Waals surface area contributed by atoms with Gasteiger partial charge in [-0.1, -0.05) is 42.5 Å². The predicted molar refractivity (Wildman–Crippen MR) is 132 cm³/mol. The molecule has 0 saturated heterocycles.